The fourth-order valence-corrected chi connectivity index (χ4v) is 2.71. The van der Waals surface area contributed by atoms with Crippen LogP contribution in [0.1, 0.15) is 32.4 Å². The number of benzene rings is 2. The van der Waals surface area contributed by atoms with Crippen LogP contribution in [0.25, 0.3) is 11.1 Å². The summed E-state index contributed by atoms with van der Waals surface area (Å²) in [5.74, 6) is 0. The lowest BCUT2D eigenvalue weighted by Gasteiger charge is -2.28. The molecule has 0 aliphatic heterocycles. The van der Waals surface area contributed by atoms with Crippen LogP contribution < -0.4 is 0 Å². The molecule has 0 aliphatic rings. The number of nitrogens with zero attached hydrogens (tertiary/aromatic N) is 1. The molecule has 20 heavy (non-hydrogen) atoms. The summed E-state index contributed by atoms with van der Waals surface area (Å²) in [6.45, 7) is 8.92. The summed E-state index contributed by atoms with van der Waals surface area (Å²) in [6.07, 6.45) is 0. The van der Waals surface area contributed by atoms with E-state index in [0.717, 1.165) is 13.1 Å². The molecule has 1 unspecified atom stereocenters. The average Bonchev–Trinajstić information content (AvgIpc) is 2.49. The van der Waals surface area contributed by atoms with Crippen molar-refractivity contribution in [1.29, 1.82) is 0 Å². The Labute approximate surface area is 130 Å². The molecule has 1 nitrogen and oxygen atoms in total. The first-order valence-electron chi connectivity index (χ1n) is 7.16. The molecule has 1 atom stereocenters. The zero-order chi connectivity index (χ0) is 13.7. The lowest BCUT2D eigenvalue weighted by atomic mass is 9.95. The topological polar surface area (TPSA) is 3.24 Å². The van der Waals surface area contributed by atoms with Crippen molar-refractivity contribution in [2.75, 3.05) is 13.1 Å². The number of rotatable bonds is 5. The molecule has 2 aromatic rings. The summed E-state index contributed by atoms with van der Waals surface area (Å²) in [6, 6.07) is 19.9. The highest BCUT2D eigenvalue weighted by molar-refractivity contribution is 7.59. The van der Waals surface area contributed by atoms with Gasteiger partial charge in [-0.2, -0.15) is 13.5 Å². The van der Waals surface area contributed by atoms with Crippen LogP contribution in [0.15, 0.2) is 54.6 Å². The van der Waals surface area contributed by atoms with Gasteiger partial charge in [0.05, 0.1) is 0 Å². The molecule has 0 bridgehead atoms. The van der Waals surface area contributed by atoms with Crippen molar-refractivity contribution in [1.82, 2.24) is 4.90 Å². The third-order valence-electron chi connectivity index (χ3n) is 3.86. The Morgan fingerprint density at radius 2 is 1.40 bits per heavy atom. The molecule has 0 heterocycles. The molecule has 2 rings (SSSR count). The summed E-state index contributed by atoms with van der Waals surface area (Å²) in [5, 5.41) is 0. The van der Waals surface area contributed by atoms with Gasteiger partial charge in [0.25, 0.3) is 0 Å². The van der Waals surface area contributed by atoms with Crippen molar-refractivity contribution in [2.45, 2.75) is 26.8 Å². The highest BCUT2D eigenvalue weighted by atomic mass is 32.1. The maximum Gasteiger partial charge on any atom is 0.0325 e. The summed E-state index contributed by atoms with van der Waals surface area (Å²) in [4.78, 5) is 2.49. The van der Waals surface area contributed by atoms with Gasteiger partial charge in [0.15, 0.2) is 0 Å². The smallest absolute Gasteiger partial charge is 0.0325 e. The van der Waals surface area contributed by atoms with Gasteiger partial charge in [-0.1, -0.05) is 68.4 Å². The molecule has 0 aliphatic carbocycles. The van der Waals surface area contributed by atoms with Gasteiger partial charge < -0.3 is 0 Å². The van der Waals surface area contributed by atoms with E-state index in [2.05, 4.69) is 80.3 Å². The third-order valence-corrected chi connectivity index (χ3v) is 3.86. The van der Waals surface area contributed by atoms with E-state index in [1.54, 1.807) is 0 Å². The quantitative estimate of drug-likeness (QED) is 0.758. The summed E-state index contributed by atoms with van der Waals surface area (Å²) >= 11 is 0. The van der Waals surface area contributed by atoms with Crippen LogP contribution in [0.5, 0.6) is 0 Å². The molecule has 2 heteroatoms. The van der Waals surface area contributed by atoms with E-state index < -0.39 is 0 Å². The minimum Gasteiger partial charge on any atom is -0.297 e. The highest BCUT2D eigenvalue weighted by Gasteiger charge is 2.16. The monoisotopic (exact) mass is 287 g/mol. The summed E-state index contributed by atoms with van der Waals surface area (Å²) < 4.78 is 0. The SMILES string of the molecule is CCN(CC)C(C)c1ccccc1-c1ccccc1.S. The summed E-state index contributed by atoms with van der Waals surface area (Å²) in [7, 11) is 0. The van der Waals surface area contributed by atoms with Crippen molar-refractivity contribution in [3.8, 4) is 11.1 Å². The first kappa shape index (κ1) is 16.8. The van der Waals surface area contributed by atoms with Crippen molar-refractivity contribution >= 4 is 13.5 Å². The Bertz CT molecular complexity index is 506. The van der Waals surface area contributed by atoms with Crippen LogP contribution in [-0.4, -0.2) is 18.0 Å². The predicted octanol–water partition coefficient (Wildman–Crippen LogP) is 4.87. The third kappa shape index (κ3) is 3.65. The first-order chi connectivity index (χ1) is 9.27. The van der Waals surface area contributed by atoms with Gasteiger partial charge in [-0.3, -0.25) is 4.90 Å². The molecular weight excluding hydrogens is 262 g/mol. The van der Waals surface area contributed by atoms with Gasteiger partial charge in [0.1, 0.15) is 0 Å². The van der Waals surface area contributed by atoms with Gasteiger partial charge in [-0.15, -0.1) is 0 Å². The van der Waals surface area contributed by atoms with Crippen molar-refractivity contribution in [3.05, 3.63) is 60.2 Å². The van der Waals surface area contributed by atoms with E-state index in [4.69, 9.17) is 0 Å². The van der Waals surface area contributed by atoms with Gasteiger partial charge in [0.2, 0.25) is 0 Å². The van der Waals surface area contributed by atoms with E-state index in [9.17, 15) is 0 Å². The molecule has 0 fully saturated rings. The molecule has 0 saturated carbocycles. The Hall–Kier alpha value is -1.25. The van der Waals surface area contributed by atoms with E-state index >= 15 is 0 Å². The second kappa shape index (κ2) is 8.13. The van der Waals surface area contributed by atoms with Crippen LogP contribution in [0.2, 0.25) is 0 Å². The zero-order valence-electron chi connectivity index (χ0n) is 12.6. The van der Waals surface area contributed by atoms with E-state index in [1.165, 1.54) is 16.7 Å². The second-order valence-corrected chi connectivity index (χ2v) is 4.85. The molecule has 2 aromatic carbocycles. The fraction of sp³-hybridized carbons (Fsp3) is 0.333. The maximum atomic E-state index is 2.49. The minimum absolute atomic E-state index is 0. The van der Waals surface area contributed by atoms with Crippen molar-refractivity contribution in [3.63, 3.8) is 0 Å². The largest absolute Gasteiger partial charge is 0.297 e. The molecule has 0 saturated heterocycles. The Kier molecular flexibility index (Phi) is 6.83. The van der Waals surface area contributed by atoms with E-state index in [-0.39, 0.29) is 13.5 Å². The van der Waals surface area contributed by atoms with Gasteiger partial charge in [-0.05, 0) is 36.7 Å². The molecule has 0 radical (unpaired) electrons. The molecule has 108 valence electrons. The molecule has 0 spiro atoms. The van der Waals surface area contributed by atoms with E-state index in [1.807, 2.05) is 0 Å². The molecule has 0 amide bonds. The minimum atomic E-state index is 0. The van der Waals surface area contributed by atoms with Crippen molar-refractivity contribution in [2.24, 2.45) is 0 Å². The average molecular weight is 287 g/mol. The number of hydrogen-bond acceptors (Lipinski definition) is 1. The normalized spacial score (nSPS) is 12.0. The predicted molar refractivity (Wildman–Crippen MR) is 93.6 cm³/mol. The molecule has 0 N–H and O–H groups in total. The van der Waals surface area contributed by atoms with Crippen LogP contribution in [0.3, 0.4) is 0 Å². The van der Waals surface area contributed by atoms with Crippen LogP contribution in [0, 0.1) is 0 Å². The lowest BCUT2D eigenvalue weighted by Crippen LogP contribution is -2.26. The lowest BCUT2D eigenvalue weighted by molar-refractivity contribution is 0.235. The Balaban J connectivity index is 0.00000200. The number of hydrogen-bond donors (Lipinski definition) is 0. The van der Waals surface area contributed by atoms with Gasteiger partial charge in [0, 0.05) is 6.04 Å². The van der Waals surface area contributed by atoms with Crippen molar-refractivity contribution < 1.29 is 0 Å². The highest BCUT2D eigenvalue weighted by Crippen LogP contribution is 2.30. The molecule has 0 aromatic heterocycles. The van der Waals surface area contributed by atoms with Gasteiger partial charge >= 0.3 is 0 Å². The Morgan fingerprint density at radius 3 is 2.00 bits per heavy atom. The van der Waals surface area contributed by atoms with E-state index in [0.29, 0.717) is 6.04 Å². The standard InChI is InChI=1S/C18H23N.H2S/c1-4-19(5-2)15(3)17-13-9-10-14-18(17)16-11-7-6-8-12-16;/h6-15H,4-5H2,1-3H3;1H2. The zero-order valence-corrected chi connectivity index (χ0v) is 13.6. The first-order valence-corrected chi connectivity index (χ1v) is 7.16. The summed E-state index contributed by atoms with van der Waals surface area (Å²) in [5.41, 5.74) is 4.07. The van der Waals surface area contributed by atoms with Crippen LogP contribution in [0.4, 0.5) is 0 Å². The second-order valence-electron chi connectivity index (χ2n) is 4.85. The van der Waals surface area contributed by atoms with Crippen LogP contribution in [-0.2, 0) is 0 Å². The van der Waals surface area contributed by atoms with Gasteiger partial charge in [-0.25, -0.2) is 0 Å². The van der Waals surface area contributed by atoms with Crippen LogP contribution >= 0.6 is 13.5 Å². The molecular formula is C18H25NS. The fourth-order valence-electron chi connectivity index (χ4n) is 2.71. The maximum absolute atomic E-state index is 2.49. The Morgan fingerprint density at radius 1 is 0.850 bits per heavy atom.